The molecule has 0 fully saturated rings. The second-order valence-electron chi connectivity index (χ2n) is 18.8. The van der Waals surface area contributed by atoms with Crippen molar-refractivity contribution in [2.75, 3.05) is 19.8 Å². The monoisotopic (exact) mass is 969 g/mol. The SMILES string of the molecule is CC/C=C\C/C=C\C/C=C\C/C=C\C/C=C\CCOCC(COC(=O)CCCCCCCC/C=C\C/C=C\C/C=C\CCCCC)OC(=O)CCCCCCCCCCC/C=C\C/C=C\CCCCC. The Bertz CT molecular complexity index is 1420. The molecule has 0 aliphatic heterocycles. The van der Waals surface area contributed by atoms with Crippen LogP contribution in [0, 0.1) is 0 Å². The van der Waals surface area contributed by atoms with Gasteiger partial charge in [-0.3, -0.25) is 9.59 Å². The summed E-state index contributed by atoms with van der Waals surface area (Å²) in [5, 5.41) is 0. The van der Waals surface area contributed by atoms with Crippen molar-refractivity contribution in [2.45, 2.75) is 258 Å². The summed E-state index contributed by atoms with van der Waals surface area (Å²) in [5.74, 6) is -0.460. The van der Waals surface area contributed by atoms with Gasteiger partial charge in [-0.1, -0.05) is 239 Å². The van der Waals surface area contributed by atoms with E-state index < -0.39 is 6.10 Å². The van der Waals surface area contributed by atoms with Crippen molar-refractivity contribution in [3.05, 3.63) is 122 Å². The minimum Gasteiger partial charge on any atom is -0.462 e. The van der Waals surface area contributed by atoms with Crippen molar-refractivity contribution in [1.82, 2.24) is 0 Å². The van der Waals surface area contributed by atoms with E-state index in [0.717, 1.165) is 103 Å². The molecule has 0 N–H and O–H groups in total. The number of carbonyl (C=O) groups excluding carboxylic acids is 2. The molecule has 0 rings (SSSR count). The second kappa shape index (κ2) is 59.6. The summed E-state index contributed by atoms with van der Waals surface area (Å²) < 4.78 is 17.4. The molecule has 0 aromatic carbocycles. The van der Waals surface area contributed by atoms with E-state index in [2.05, 4.69) is 142 Å². The third kappa shape index (κ3) is 56.9. The molecule has 5 heteroatoms. The quantitative estimate of drug-likeness (QED) is 0.0345. The van der Waals surface area contributed by atoms with Crippen LogP contribution in [-0.4, -0.2) is 37.9 Å². The number of allylic oxidation sites excluding steroid dienone is 19. The first-order chi connectivity index (χ1) is 34.6. The molecular weight excluding hydrogens is 861 g/mol. The van der Waals surface area contributed by atoms with Crippen molar-refractivity contribution < 1.29 is 23.8 Å². The summed E-state index contributed by atoms with van der Waals surface area (Å²) in [7, 11) is 0. The first-order valence-electron chi connectivity index (χ1n) is 29.1. The van der Waals surface area contributed by atoms with Crippen LogP contribution in [0.15, 0.2) is 122 Å². The second-order valence-corrected chi connectivity index (χ2v) is 18.8. The van der Waals surface area contributed by atoms with Gasteiger partial charge in [-0.2, -0.15) is 0 Å². The summed E-state index contributed by atoms with van der Waals surface area (Å²) in [4.78, 5) is 25.5. The van der Waals surface area contributed by atoms with E-state index in [9.17, 15) is 9.59 Å². The topological polar surface area (TPSA) is 61.8 Å². The fourth-order valence-electron chi connectivity index (χ4n) is 7.67. The van der Waals surface area contributed by atoms with Gasteiger partial charge in [-0.05, 0) is 122 Å². The highest BCUT2D eigenvalue weighted by molar-refractivity contribution is 5.70. The van der Waals surface area contributed by atoms with Crippen LogP contribution < -0.4 is 0 Å². The van der Waals surface area contributed by atoms with E-state index in [4.69, 9.17) is 14.2 Å². The number of rotatable bonds is 52. The summed E-state index contributed by atoms with van der Waals surface area (Å²) in [5.41, 5.74) is 0. The van der Waals surface area contributed by atoms with Crippen LogP contribution in [0.2, 0.25) is 0 Å². The van der Waals surface area contributed by atoms with Gasteiger partial charge < -0.3 is 14.2 Å². The molecule has 0 saturated heterocycles. The molecule has 1 unspecified atom stereocenters. The summed E-state index contributed by atoms with van der Waals surface area (Å²) >= 11 is 0. The third-order valence-electron chi connectivity index (χ3n) is 12.0. The Morgan fingerprint density at radius 2 is 0.643 bits per heavy atom. The molecule has 0 aromatic rings. The minimum absolute atomic E-state index is 0.0402. The number of hydrogen-bond donors (Lipinski definition) is 0. The lowest BCUT2D eigenvalue weighted by molar-refractivity contribution is -0.162. The fourth-order valence-corrected chi connectivity index (χ4v) is 7.67. The lowest BCUT2D eigenvalue weighted by atomic mass is 10.1. The van der Waals surface area contributed by atoms with Crippen molar-refractivity contribution in [1.29, 1.82) is 0 Å². The van der Waals surface area contributed by atoms with Crippen LogP contribution in [0.25, 0.3) is 0 Å². The Labute approximate surface area is 433 Å². The van der Waals surface area contributed by atoms with Gasteiger partial charge in [0.15, 0.2) is 6.10 Å². The van der Waals surface area contributed by atoms with Gasteiger partial charge in [0.1, 0.15) is 6.61 Å². The Morgan fingerprint density at radius 1 is 0.329 bits per heavy atom. The first-order valence-corrected chi connectivity index (χ1v) is 29.1. The van der Waals surface area contributed by atoms with E-state index >= 15 is 0 Å². The minimum atomic E-state index is -0.593. The zero-order valence-corrected chi connectivity index (χ0v) is 45.7. The molecular formula is C65H108O5. The van der Waals surface area contributed by atoms with Crippen LogP contribution in [-0.2, 0) is 23.8 Å². The van der Waals surface area contributed by atoms with Crippen LogP contribution in [0.4, 0.5) is 0 Å². The smallest absolute Gasteiger partial charge is 0.306 e. The maximum atomic E-state index is 12.9. The first kappa shape index (κ1) is 66.3. The fraction of sp³-hybridized carbons (Fsp3) is 0.662. The average molecular weight is 970 g/mol. The van der Waals surface area contributed by atoms with Gasteiger partial charge in [-0.15, -0.1) is 0 Å². The molecule has 1 atom stereocenters. The molecule has 0 radical (unpaired) electrons. The molecule has 398 valence electrons. The van der Waals surface area contributed by atoms with Gasteiger partial charge in [0.05, 0.1) is 13.2 Å². The Morgan fingerprint density at radius 3 is 1.03 bits per heavy atom. The van der Waals surface area contributed by atoms with Crippen LogP contribution in [0.1, 0.15) is 252 Å². The molecule has 0 amide bonds. The van der Waals surface area contributed by atoms with E-state index in [0.29, 0.717) is 19.4 Å². The van der Waals surface area contributed by atoms with Crippen molar-refractivity contribution >= 4 is 11.9 Å². The Hall–Kier alpha value is -3.70. The van der Waals surface area contributed by atoms with Gasteiger partial charge >= 0.3 is 11.9 Å². The maximum Gasteiger partial charge on any atom is 0.306 e. The predicted octanol–water partition coefficient (Wildman–Crippen LogP) is 20.1. The molecule has 0 bridgehead atoms. The predicted molar refractivity (Wildman–Crippen MR) is 306 cm³/mol. The number of carbonyl (C=O) groups is 2. The largest absolute Gasteiger partial charge is 0.462 e. The average Bonchev–Trinajstić information content (AvgIpc) is 3.36. The van der Waals surface area contributed by atoms with Gasteiger partial charge in [0.2, 0.25) is 0 Å². The van der Waals surface area contributed by atoms with Crippen LogP contribution >= 0.6 is 0 Å². The molecule has 0 saturated carbocycles. The maximum absolute atomic E-state index is 12.9. The summed E-state index contributed by atoms with van der Waals surface area (Å²) in [6.07, 6.45) is 83.8. The molecule has 0 spiro atoms. The van der Waals surface area contributed by atoms with Gasteiger partial charge in [0.25, 0.3) is 0 Å². The zero-order valence-electron chi connectivity index (χ0n) is 45.7. The van der Waals surface area contributed by atoms with Gasteiger partial charge in [0, 0.05) is 12.8 Å². The molecule has 0 aliphatic carbocycles. The number of ether oxygens (including phenoxy) is 3. The molecule has 70 heavy (non-hydrogen) atoms. The van der Waals surface area contributed by atoms with Crippen molar-refractivity contribution in [2.24, 2.45) is 0 Å². The highest BCUT2D eigenvalue weighted by Crippen LogP contribution is 2.14. The summed E-state index contributed by atoms with van der Waals surface area (Å²) in [6, 6.07) is 0. The molecule has 0 aliphatic rings. The third-order valence-corrected chi connectivity index (χ3v) is 12.0. The van der Waals surface area contributed by atoms with Crippen molar-refractivity contribution in [3.63, 3.8) is 0 Å². The Kier molecular flexibility index (Phi) is 56.5. The zero-order chi connectivity index (χ0) is 50.6. The van der Waals surface area contributed by atoms with E-state index in [1.807, 2.05) is 0 Å². The standard InChI is InChI=1S/C65H108O5/c1-4-7-10-13-16-19-22-25-28-31-33-35-37-40-43-46-49-52-55-58-64(66)69-62-63(61-68-60-57-54-51-48-45-42-39-30-27-24-21-18-15-12-9-6-3)70-65(67)59-56-53-50-47-44-41-38-36-34-32-29-26-23-20-17-14-11-8-5-2/h9,12,16-21,25-30,33,35,42,45,51,54,63H,4-8,10-11,13-15,22-24,31-32,34,36-41,43-44,46-50,52-53,55-62H2,1-3H3/b12-9-,19-16-,20-17-,21-18-,28-25-,29-26-,30-27-,35-33-,45-42-,54-51-. The van der Waals surface area contributed by atoms with E-state index in [1.165, 1.54) is 116 Å². The summed E-state index contributed by atoms with van der Waals surface area (Å²) in [6.45, 7) is 7.44. The molecule has 0 aromatic heterocycles. The Balaban J connectivity index is 4.42. The van der Waals surface area contributed by atoms with Crippen LogP contribution in [0.3, 0.4) is 0 Å². The molecule has 5 nitrogen and oxygen atoms in total. The number of hydrogen-bond acceptors (Lipinski definition) is 5. The van der Waals surface area contributed by atoms with E-state index in [1.54, 1.807) is 0 Å². The molecule has 0 heterocycles. The number of esters is 2. The van der Waals surface area contributed by atoms with Gasteiger partial charge in [-0.25, -0.2) is 0 Å². The van der Waals surface area contributed by atoms with Crippen molar-refractivity contribution in [3.8, 4) is 0 Å². The van der Waals surface area contributed by atoms with E-state index in [-0.39, 0.29) is 25.2 Å². The number of unbranched alkanes of at least 4 members (excludes halogenated alkanes) is 21. The highest BCUT2D eigenvalue weighted by Gasteiger charge is 2.17. The normalized spacial score (nSPS) is 13.1. The van der Waals surface area contributed by atoms with Crippen LogP contribution in [0.5, 0.6) is 0 Å². The lowest BCUT2D eigenvalue weighted by Gasteiger charge is -2.18. The lowest BCUT2D eigenvalue weighted by Crippen LogP contribution is -2.30. The highest BCUT2D eigenvalue weighted by atomic mass is 16.6.